The van der Waals surface area contributed by atoms with E-state index >= 15 is 0 Å². The first-order chi connectivity index (χ1) is 8.62. The average molecular weight is 247 g/mol. The van der Waals surface area contributed by atoms with Gasteiger partial charge in [-0.05, 0) is 24.5 Å². The van der Waals surface area contributed by atoms with Crippen molar-refractivity contribution < 1.29 is 19.4 Å². The summed E-state index contributed by atoms with van der Waals surface area (Å²) in [5.74, 6) is 0.263. The zero-order valence-electron chi connectivity index (χ0n) is 9.73. The number of hydrogen-bond donors (Lipinski definition) is 2. The Kier molecular flexibility index (Phi) is 2.29. The second-order valence-electron chi connectivity index (χ2n) is 4.82. The van der Waals surface area contributed by atoms with Crippen molar-refractivity contribution in [3.8, 4) is 5.75 Å². The molecule has 2 aliphatic rings. The van der Waals surface area contributed by atoms with Crippen molar-refractivity contribution in [3.63, 3.8) is 0 Å². The minimum atomic E-state index is -1.35. The van der Waals surface area contributed by atoms with Crippen LogP contribution in [0.1, 0.15) is 31.2 Å². The quantitative estimate of drug-likeness (QED) is 0.590. The van der Waals surface area contributed by atoms with E-state index in [1.165, 1.54) is 0 Å². The summed E-state index contributed by atoms with van der Waals surface area (Å²) in [6, 6.07) is 4.98. The number of benzene rings is 1. The first kappa shape index (κ1) is 11.1. The molecule has 2 N–H and O–H groups in total. The Morgan fingerprint density at radius 1 is 1.33 bits per heavy atom. The largest absolute Gasteiger partial charge is 0.511 e. The smallest absolute Gasteiger partial charge is 0.449 e. The summed E-state index contributed by atoms with van der Waals surface area (Å²) in [5, 5.41) is 11.4. The molecule has 5 heteroatoms. The lowest BCUT2D eigenvalue weighted by Crippen LogP contribution is -2.30. The topological polar surface area (TPSA) is 75.6 Å². The summed E-state index contributed by atoms with van der Waals surface area (Å²) in [5.41, 5.74) is 1.26. The van der Waals surface area contributed by atoms with E-state index in [1.807, 2.05) is 0 Å². The number of carboxylic acid groups (broad SMARTS) is 1. The minimum Gasteiger partial charge on any atom is -0.449 e. The normalized spacial score (nSPS) is 19.7. The molecule has 5 nitrogen and oxygen atoms in total. The van der Waals surface area contributed by atoms with Gasteiger partial charge in [-0.15, -0.1) is 0 Å². The van der Waals surface area contributed by atoms with Crippen molar-refractivity contribution >= 4 is 17.7 Å². The molecule has 18 heavy (non-hydrogen) atoms. The highest BCUT2D eigenvalue weighted by Crippen LogP contribution is 2.49. The predicted octanol–water partition coefficient (Wildman–Crippen LogP) is 2.51. The number of ether oxygens (including phenoxy) is 1. The standard InChI is InChI=1S/C13H13NO4/c15-11-13(5-1-2-6-13)9-4-3-8(18-12(16)17)7-10(9)14-11/h3-4,7H,1-2,5-6H2,(H,14,15)(H,16,17). The van der Waals surface area contributed by atoms with Crippen LogP contribution in [0.5, 0.6) is 5.75 Å². The SMILES string of the molecule is O=C(O)Oc1ccc2c(c1)NC(=O)C21CCCC1. The number of rotatable bonds is 1. The lowest BCUT2D eigenvalue weighted by Gasteiger charge is -2.20. The summed E-state index contributed by atoms with van der Waals surface area (Å²) in [6.07, 6.45) is 2.49. The molecule has 0 radical (unpaired) electrons. The van der Waals surface area contributed by atoms with Gasteiger partial charge in [-0.1, -0.05) is 18.9 Å². The van der Waals surface area contributed by atoms with Crippen molar-refractivity contribution in [3.05, 3.63) is 23.8 Å². The molecule has 1 aromatic carbocycles. The van der Waals surface area contributed by atoms with Gasteiger partial charge in [0.05, 0.1) is 5.41 Å². The molecule has 1 saturated carbocycles. The lowest BCUT2D eigenvalue weighted by molar-refractivity contribution is -0.120. The van der Waals surface area contributed by atoms with Crippen LogP contribution in [-0.4, -0.2) is 17.2 Å². The van der Waals surface area contributed by atoms with Crippen LogP contribution in [0.15, 0.2) is 18.2 Å². The summed E-state index contributed by atoms with van der Waals surface area (Å²) in [6.45, 7) is 0. The molecule has 1 aliphatic carbocycles. The van der Waals surface area contributed by atoms with E-state index < -0.39 is 11.6 Å². The van der Waals surface area contributed by atoms with Gasteiger partial charge in [0.1, 0.15) is 5.75 Å². The highest BCUT2D eigenvalue weighted by Gasteiger charge is 2.48. The van der Waals surface area contributed by atoms with Crippen molar-refractivity contribution in [1.29, 1.82) is 0 Å². The van der Waals surface area contributed by atoms with Crippen LogP contribution in [0.3, 0.4) is 0 Å². The summed E-state index contributed by atoms with van der Waals surface area (Å²) >= 11 is 0. The number of fused-ring (bicyclic) bond motifs is 2. The van der Waals surface area contributed by atoms with Gasteiger partial charge in [0.25, 0.3) is 0 Å². The maximum Gasteiger partial charge on any atom is 0.511 e. The molecule has 1 heterocycles. The monoisotopic (exact) mass is 247 g/mol. The van der Waals surface area contributed by atoms with E-state index in [1.54, 1.807) is 18.2 Å². The average Bonchev–Trinajstić information content (AvgIpc) is 2.87. The van der Waals surface area contributed by atoms with Crippen LogP contribution in [0, 0.1) is 0 Å². The highest BCUT2D eigenvalue weighted by atomic mass is 16.7. The molecule has 1 aromatic rings. The van der Waals surface area contributed by atoms with Crippen LogP contribution in [0.2, 0.25) is 0 Å². The zero-order valence-corrected chi connectivity index (χ0v) is 9.73. The van der Waals surface area contributed by atoms with E-state index in [0.29, 0.717) is 5.69 Å². The number of hydrogen-bond acceptors (Lipinski definition) is 3. The number of amides is 1. The Labute approximate surface area is 104 Å². The number of carbonyl (C=O) groups is 2. The molecule has 1 aliphatic heterocycles. The Hall–Kier alpha value is -2.04. The van der Waals surface area contributed by atoms with Gasteiger partial charge in [0, 0.05) is 11.8 Å². The first-order valence-corrected chi connectivity index (χ1v) is 5.99. The van der Waals surface area contributed by atoms with E-state index in [-0.39, 0.29) is 11.7 Å². The van der Waals surface area contributed by atoms with E-state index in [9.17, 15) is 9.59 Å². The second kappa shape index (κ2) is 3.73. The van der Waals surface area contributed by atoms with Gasteiger partial charge in [-0.25, -0.2) is 4.79 Å². The second-order valence-corrected chi connectivity index (χ2v) is 4.82. The van der Waals surface area contributed by atoms with Crippen LogP contribution < -0.4 is 10.1 Å². The molecular weight excluding hydrogens is 234 g/mol. The fourth-order valence-electron chi connectivity index (χ4n) is 3.05. The van der Waals surface area contributed by atoms with E-state index in [0.717, 1.165) is 31.2 Å². The Balaban J connectivity index is 2.00. The van der Waals surface area contributed by atoms with Gasteiger partial charge in [-0.3, -0.25) is 4.79 Å². The molecule has 1 amide bonds. The van der Waals surface area contributed by atoms with Crippen LogP contribution in [0.4, 0.5) is 10.5 Å². The summed E-state index contributed by atoms with van der Waals surface area (Å²) in [7, 11) is 0. The Morgan fingerprint density at radius 2 is 2.06 bits per heavy atom. The number of carbonyl (C=O) groups excluding carboxylic acids is 1. The number of nitrogens with one attached hydrogen (secondary N) is 1. The lowest BCUT2D eigenvalue weighted by atomic mass is 9.80. The van der Waals surface area contributed by atoms with Gasteiger partial charge in [-0.2, -0.15) is 0 Å². The van der Waals surface area contributed by atoms with E-state index in [4.69, 9.17) is 5.11 Å². The molecule has 3 rings (SSSR count). The molecule has 94 valence electrons. The molecule has 1 spiro atoms. The molecule has 0 atom stereocenters. The van der Waals surface area contributed by atoms with Crippen LogP contribution >= 0.6 is 0 Å². The first-order valence-electron chi connectivity index (χ1n) is 5.99. The van der Waals surface area contributed by atoms with Gasteiger partial charge >= 0.3 is 6.16 Å². The van der Waals surface area contributed by atoms with Gasteiger partial charge in [0.2, 0.25) is 5.91 Å². The molecule has 0 bridgehead atoms. The Morgan fingerprint density at radius 3 is 2.72 bits per heavy atom. The minimum absolute atomic E-state index is 0.0301. The third kappa shape index (κ3) is 1.47. The summed E-state index contributed by atoms with van der Waals surface area (Å²) in [4.78, 5) is 22.6. The highest BCUT2D eigenvalue weighted by molar-refractivity contribution is 6.06. The zero-order chi connectivity index (χ0) is 12.8. The molecule has 0 unspecified atom stereocenters. The van der Waals surface area contributed by atoms with Crippen LogP contribution in [0.25, 0.3) is 0 Å². The molecule has 0 saturated heterocycles. The fourth-order valence-corrected chi connectivity index (χ4v) is 3.05. The fraction of sp³-hybridized carbons (Fsp3) is 0.385. The summed E-state index contributed by atoms with van der Waals surface area (Å²) < 4.78 is 4.59. The molecule has 0 aromatic heterocycles. The van der Waals surface area contributed by atoms with Crippen LogP contribution in [-0.2, 0) is 10.2 Å². The maximum atomic E-state index is 12.1. The van der Waals surface area contributed by atoms with Crippen molar-refractivity contribution in [2.45, 2.75) is 31.1 Å². The third-order valence-corrected chi connectivity index (χ3v) is 3.85. The Bertz CT molecular complexity index is 532. The molecule has 1 fully saturated rings. The van der Waals surface area contributed by atoms with Crippen molar-refractivity contribution in [2.75, 3.05) is 5.32 Å². The number of anilines is 1. The maximum absolute atomic E-state index is 12.1. The third-order valence-electron chi connectivity index (χ3n) is 3.85. The van der Waals surface area contributed by atoms with Crippen molar-refractivity contribution in [2.24, 2.45) is 0 Å². The predicted molar refractivity (Wildman–Crippen MR) is 63.9 cm³/mol. The molecular formula is C13H13NO4. The van der Waals surface area contributed by atoms with Gasteiger partial charge in [0.15, 0.2) is 0 Å². The van der Waals surface area contributed by atoms with E-state index in [2.05, 4.69) is 10.1 Å². The van der Waals surface area contributed by atoms with Crippen molar-refractivity contribution in [1.82, 2.24) is 0 Å². The van der Waals surface area contributed by atoms with Gasteiger partial charge < -0.3 is 15.2 Å².